The number of ketones is 1. The van der Waals surface area contributed by atoms with Gasteiger partial charge in [0.05, 0.1) is 5.25 Å². The highest BCUT2D eigenvalue weighted by atomic mass is 32.2. The van der Waals surface area contributed by atoms with E-state index in [1.807, 2.05) is 18.2 Å². The zero-order chi connectivity index (χ0) is 13.2. The standard InChI is InChI=1S/C16H24OS/c1-3-4-5-6-10-13-16(14(2)17)18-15-11-8-7-9-12-15/h7-9,11-12,16H,3-6,10,13H2,1-2H3. The van der Waals surface area contributed by atoms with Crippen LogP contribution in [0.2, 0.25) is 0 Å². The van der Waals surface area contributed by atoms with Crippen molar-refractivity contribution in [2.24, 2.45) is 0 Å². The van der Waals surface area contributed by atoms with E-state index in [9.17, 15) is 4.79 Å². The van der Waals surface area contributed by atoms with E-state index in [2.05, 4.69) is 19.1 Å². The Hall–Kier alpha value is -0.760. The lowest BCUT2D eigenvalue weighted by atomic mass is 10.1. The van der Waals surface area contributed by atoms with Gasteiger partial charge in [-0.15, -0.1) is 11.8 Å². The van der Waals surface area contributed by atoms with Crippen molar-refractivity contribution in [3.63, 3.8) is 0 Å². The number of carbonyl (C=O) groups is 1. The summed E-state index contributed by atoms with van der Waals surface area (Å²) in [6.07, 6.45) is 7.33. The van der Waals surface area contributed by atoms with Crippen LogP contribution in [0.1, 0.15) is 52.4 Å². The van der Waals surface area contributed by atoms with E-state index in [1.54, 1.807) is 18.7 Å². The van der Waals surface area contributed by atoms with Crippen LogP contribution in [0.5, 0.6) is 0 Å². The largest absolute Gasteiger partial charge is 0.299 e. The summed E-state index contributed by atoms with van der Waals surface area (Å²) in [5.74, 6) is 0.305. The highest BCUT2D eigenvalue weighted by molar-refractivity contribution is 8.00. The average Bonchev–Trinajstić information content (AvgIpc) is 2.38. The highest BCUT2D eigenvalue weighted by Crippen LogP contribution is 2.27. The lowest BCUT2D eigenvalue weighted by molar-refractivity contribution is -0.116. The monoisotopic (exact) mass is 264 g/mol. The Kier molecular flexibility index (Phi) is 7.83. The molecule has 1 unspecified atom stereocenters. The van der Waals surface area contributed by atoms with Crippen molar-refractivity contribution in [1.82, 2.24) is 0 Å². The first-order valence-corrected chi connectivity index (χ1v) is 7.84. The van der Waals surface area contributed by atoms with Gasteiger partial charge in [-0.25, -0.2) is 0 Å². The number of hydrogen-bond donors (Lipinski definition) is 0. The first-order valence-electron chi connectivity index (χ1n) is 6.96. The first-order chi connectivity index (χ1) is 8.74. The van der Waals surface area contributed by atoms with E-state index in [0.717, 1.165) is 6.42 Å². The number of unbranched alkanes of at least 4 members (excludes halogenated alkanes) is 4. The Labute approximate surface area is 115 Å². The van der Waals surface area contributed by atoms with E-state index < -0.39 is 0 Å². The Morgan fingerprint density at radius 2 is 1.78 bits per heavy atom. The van der Waals surface area contributed by atoms with Crippen molar-refractivity contribution in [3.8, 4) is 0 Å². The predicted octanol–water partition coefficient (Wildman–Crippen LogP) is 5.10. The molecule has 1 aromatic carbocycles. The van der Waals surface area contributed by atoms with Crippen LogP contribution in [-0.4, -0.2) is 11.0 Å². The van der Waals surface area contributed by atoms with Crippen molar-refractivity contribution < 1.29 is 4.79 Å². The van der Waals surface area contributed by atoms with Gasteiger partial charge in [-0.2, -0.15) is 0 Å². The first kappa shape index (κ1) is 15.3. The van der Waals surface area contributed by atoms with Gasteiger partial charge >= 0.3 is 0 Å². The molecule has 1 rings (SSSR count). The SMILES string of the molecule is CCCCCCCC(Sc1ccccc1)C(C)=O. The van der Waals surface area contributed by atoms with Crippen LogP contribution < -0.4 is 0 Å². The van der Waals surface area contributed by atoms with Gasteiger partial charge in [-0.1, -0.05) is 57.2 Å². The number of carbonyl (C=O) groups excluding carboxylic acids is 1. The lowest BCUT2D eigenvalue weighted by Gasteiger charge is -2.13. The zero-order valence-electron chi connectivity index (χ0n) is 11.5. The molecule has 0 amide bonds. The molecule has 0 aliphatic heterocycles. The molecule has 1 atom stereocenters. The molecule has 0 N–H and O–H groups in total. The van der Waals surface area contributed by atoms with Gasteiger partial charge in [0.1, 0.15) is 5.78 Å². The molecule has 0 saturated heterocycles. The van der Waals surface area contributed by atoms with Gasteiger partial charge in [0.2, 0.25) is 0 Å². The third-order valence-electron chi connectivity index (χ3n) is 3.04. The molecule has 0 bridgehead atoms. The molecule has 0 aliphatic rings. The maximum absolute atomic E-state index is 11.6. The number of rotatable bonds is 9. The summed E-state index contributed by atoms with van der Waals surface area (Å²) in [7, 11) is 0. The van der Waals surface area contributed by atoms with Crippen molar-refractivity contribution in [2.45, 2.75) is 62.5 Å². The summed E-state index contributed by atoms with van der Waals surface area (Å²) in [6.45, 7) is 3.94. The molecule has 0 spiro atoms. The van der Waals surface area contributed by atoms with E-state index in [-0.39, 0.29) is 5.25 Å². The van der Waals surface area contributed by atoms with Gasteiger partial charge < -0.3 is 0 Å². The van der Waals surface area contributed by atoms with Crippen LogP contribution in [0, 0.1) is 0 Å². The summed E-state index contributed by atoms with van der Waals surface area (Å²) >= 11 is 1.71. The van der Waals surface area contributed by atoms with Gasteiger partial charge in [0.15, 0.2) is 0 Å². The second kappa shape index (κ2) is 9.21. The van der Waals surface area contributed by atoms with Gasteiger partial charge in [-0.05, 0) is 25.5 Å². The predicted molar refractivity (Wildman–Crippen MR) is 80.1 cm³/mol. The fourth-order valence-electron chi connectivity index (χ4n) is 1.94. The molecule has 1 nitrogen and oxygen atoms in total. The number of Topliss-reactive ketones (excluding diaryl/α,β-unsaturated/α-hetero) is 1. The quantitative estimate of drug-likeness (QED) is 0.456. The average molecular weight is 264 g/mol. The minimum absolute atomic E-state index is 0.133. The summed E-state index contributed by atoms with van der Waals surface area (Å²) in [5.41, 5.74) is 0. The highest BCUT2D eigenvalue weighted by Gasteiger charge is 2.14. The Morgan fingerprint density at radius 3 is 2.39 bits per heavy atom. The zero-order valence-corrected chi connectivity index (χ0v) is 12.3. The summed E-state index contributed by atoms with van der Waals surface area (Å²) in [6, 6.07) is 10.2. The van der Waals surface area contributed by atoms with Crippen molar-refractivity contribution >= 4 is 17.5 Å². The molecular weight excluding hydrogens is 240 g/mol. The minimum atomic E-state index is 0.133. The normalized spacial score (nSPS) is 12.3. The molecule has 0 radical (unpaired) electrons. The molecule has 0 saturated carbocycles. The van der Waals surface area contributed by atoms with Crippen molar-refractivity contribution in [1.29, 1.82) is 0 Å². The number of thioether (sulfide) groups is 1. The van der Waals surface area contributed by atoms with Gasteiger partial charge in [0, 0.05) is 4.90 Å². The summed E-state index contributed by atoms with van der Waals surface area (Å²) in [5, 5.41) is 0.133. The smallest absolute Gasteiger partial charge is 0.143 e. The molecule has 0 heterocycles. The second-order valence-corrected chi connectivity index (χ2v) is 6.01. The summed E-state index contributed by atoms with van der Waals surface area (Å²) < 4.78 is 0. The maximum atomic E-state index is 11.6. The van der Waals surface area contributed by atoms with Crippen LogP contribution in [0.4, 0.5) is 0 Å². The molecule has 18 heavy (non-hydrogen) atoms. The Bertz CT molecular complexity index is 334. The van der Waals surface area contributed by atoms with Gasteiger partial charge in [0.25, 0.3) is 0 Å². The molecule has 0 aromatic heterocycles. The molecule has 0 aliphatic carbocycles. The molecule has 1 aromatic rings. The van der Waals surface area contributed by atoms with Gasteiger partial charge in [-0.3, -0.25) is 4.79 Å². The third kappa shape index (κ3) is 6.25. The van der Waals surface area contributed by atoms with Crippen LogP contribution in [0.3, 0.4) is 0 Å². The number of benzene rings is 1. The summed E-state index contributed by atoms with van der Waals surface area (Å²) in [4.78, 5) is 12.8. The van der Waals surface area contributed by atoms with E-state index in [0.29, 0.717) is 5.78 Å². The maximum Gasteiger partial charge on any atom is 0.143 e. The molecule has 100 valence electrons. The molecule has 0 fully saturated rings. The van der Waals surface area contributed by atoms with E-state index >= 15 is 0 Å². The molecular formula is C16H24OS. The second-order valence-electron chi connectivity index (χ2n) is 4.73. The fraction of sp³-hybridized carbons (Fsp3) is 0.562. The van der Waals surface area contributed by atoms with Crippen molar-refractivity contribution in [2.75, 3.05) is 0 Å². The Morgan fingerprint density at radius 1 is 1.11 bits per heavy atom. The Balaban J connectivity index is 2.34. The van der Waals surface area contributed by atoms with Crippen LogP contribution in [0.25, 0.3) is 0 Å². The molecule has 2 heteroatoms. The minimum Gasteiger partial charge on any atom is -0.299 e. The lowest BCUT2D eigenvalue weighted by Crippen LogP contribution is -2.13. The van der Waals surface area contributed by atoms with E-state index in [1.165, 1.54) is 37.0 Å². The van der Waals surface area contributed by atoms with Crippen LogP contribution in [0.15, 0.2) is 35.2 Å². The van der Waals surface area contributed by atoms with Crippen molar-refractivity contribution in [3.05, 3.63) is 30.3 Å². The van der Waals surface area contributed by atoms with E-state index in [4.69, 9.17) is 0 Å². The topological polar surface area (TPSA) is 17.1 Å². The fourth-order valence-corrected chi connectivity index (χ4v) is 3.04. The third-order valence-corrected chi connectivity index (χ3v) is 4.44. The number of hydrogen-bond acceptors (Lipinski definition) is 2. The van der Waals surface area contributed by atoms with Crippen LogP contribution >= 0.6 is 11.8 Å². The van der Waals surface area contributed by atoms with Crippen LogP contribution in [-0.2, 0) is 4.79 Å².